The first kappa shape index (κ1) is 33.5. The van der Waals surface area contributed by atoms with Crippen LogP contribution in [-0.4, -0.2) is 29.8 Å². The van der Waals surface area contributed by atoms with Crippen molar-refractivity contribution < 1.29 is 17.5 Å². The zero-order chi connectivity index (χ0) is 33.7. The van der Waals surface area contributed by atoms with Crippen LogP contribution in [0.5, 0.6) is 0 Å². The second kappa shape index (κ2) is 14.8. The molecule has 5 aromatic rings. The summed E-state index contributed by atoms with van der Waals surface area (Å²) in [6.45, 7) is 6.05. The van der Waals surface area contributed by atoms with E-state index in [1.54, 1.807) is 11.3 Å². The fraction of sp³-hybridized carbons (Fsp3) is 0.211. The van der Waals surface area contributed by atoms with Crippen molar-refractivity contribution in [2.75, 3.05) is 17.2 Å². The highest BCUT2D eigenvalue weighted by Crippen LogP contribution is 2.36. The molecule has 48 heavy (non-hydrogen) atoms. The molecule has 0 aliphatic carbocycles. The number of nitrogens with zero attached hydrogens (tertiary/aromatic N) is 3. The summed E-state index contributed by atoms with van der Waals surface area (Å²) < 4.78 is 37.8. The van der Waals surface area contributed by atoms with Crippen LogP contribution in [0.15, 0.2) is 108 Å². The van der Waals surface area contributed by atoms with Gasteiger partial charge in [0.2, 0.25) is 5.69 Å². The Hall–Kier alpha value is -4.35. The maximum atomic E-state index is 13.7. The molecule has 3 aromatic carbocycles. The SMILES string of the molecule is CCN1C=C/C(=C\C=c2\s/c(=C/c3sc(-c4ccccc4)c(-c4ccccc4)[n+]3CCCCS(=O)(=O)O)n(CC)c2=O)c2ccccc21. The van der Waals surface area contributed by atoms with E-state index in [2.05, 4.69) is 71.1 Å². The lowest BCUT2D eigenvalue weighted by atomic mass is 9.99. The van der Waals surface area contributed by atoms with E-state index in [9.17, 15) is 17.8 Å². The van der Waals surface area contributed by atoms with Crippen molar-refractivity contribution >= 4 is 56.2 Å². The van der Waals surface area contributed by atoms with Crippen LogP contribution in [0.1, 0.15) is 37.3 Å². The number of fused-ring (bicyclic) bond motifs is 1. The summed E-state index contributed by atoms with van der Waals surface area (Å²) in [6.07, 6.45) is 11.1. The Kier molecular flexibility index (Phi) is 10.4. The lowest BCUT2D eigenvalue weighted by Crippen LogP contribution is -2.38. The first-order chi connectivity index (χ1) is 23.3. The van der Waals surface area contributed by atoms with Crippen molar-refractivity contribution in [3.8, 4) is 21.7 Å². The maximum Gasteiger partial charge on any atom is 0.269 e. The van der Waals surface area contributed by atoms with Gasteiger partial charge in [-0.15, -0.1) is 11.3 Å². The van der Waals surface area contributed by atoms with Gasteiger partial charge in [0, 0.05) is 42.5 Å². The smallest absolute Gasteiger partial charge is 0.269 e. The molecule has 0 saturated heterocycles. The minimum atomic E-state index is -4.05. The van der Waals surface area contributed by atoms with Gasteiger partial charge in [-0.3, -0.25) is 13.9 Å². The molecule has 0 unspecified atom stereocenters. The topological polar surface area (TPSA) is 83.5 Å². The van der Waals surface area contributed by atoms with E-state index in [0.717, 1.165) is 54.7 Å². The monoisotopic (exact) mass is 696 g/mol. The quantitative estimate of drug-likeness (QED) is 0.0993. The van der Waals surface area contributed by atoms with Gasteiger partial charge < -0.3 is 4.90 Å². The summed E-state index contributed by atoms with van der Waals surface area (Å²) in [6, 6.07) is 28.7. The molecule has 1 aliphatic heterocycles. The summed E-state index contributed by atoms with van der Waals surface area (Å²) in [5.74, 6) is -0.284. The summed E-state index contributed by atoms with van der Waals surface area (Å²) in [7, 11) is -4.05. The number of para-hydroxylation sites is 1. The van der Waals surface area contributed by atoms with E-state index in [1.807, 2.05) is 72.2 Å². The zero-order valence-electron chi connectivity index (χ0n) is 27.0. The molecule has 6 rings (SSSR count). The van der Waals surface area contributed by atoms with Gasteiger partial charge in [-0.1, -0.05) is 84.1 Å². The van der Waals surface area contributed by atoms with Gasteiger partial charge in [0.1, 0.15) is 9.54 Å². The van der Waals surface area contributed by atoms with Gasteiger partial charge in [0.15, 0.2) is 6.54 Å². The molecule has 0 bridgehead atoms. The van der Waals surface area contributed by atoms with Crippen LogP contribution in [0.4, 0.5) is 5.69 Å². The molecule has 2 aromatic heterocycles. The van der Waals surface area contributed by atoms with Crippen LogP contribution in [0.25, 0.3) is 39.4 Å². The molecule has 0 spiro atoms. The summed E-state index contributed by atoms with van der Waals surface area (Å²) in [4.78, 5) is 17.0. The van der Waals surface area contributed by atoms with Crippen molar-refractivity contribution in [3.05, 3.63) is 133 Å². The van der Waals surface area contributed by atoms with E-state index in [0.29, 0.717) is 30.5 Å². The molecule has 246 valence electrons. The Morgan fingerprint density at radius 3 is 2.21 bits per heavy atom. The van der Waals surface area contributed by atoms with Gasteiger partial charge >= 0.3 is 0 Å². The molecule has 0 fully saturated rings. The van der Waals surface area contributed by atoms with Crippen LogP contribution in [-0.2, 0) is 23.2 Å². The number of rotatable bonds is 11. The largest absolute Gasteiger partial charge is 0.348 e. The lowest BCUT2D eigenvalue weighted by molar-refractivity contribution is -0.683. The van der Waals surface area contributed by atoms with Gasteiger partial charge in [0.25, 0.3) is 20.7 Å². The first-order valence-electron chi connectivity index (χ1n) is 16.1. The Labute approximate surface area is 289 Å². The molecule has 10 heteroatoms. The Morgan fingerprint density at radius 2 is 1.52 bits per heavy atom. The second-order valence-electron chi connectivity index (χ2n) is 11.4. The Bertz CT molecular complexity index is 2270. The van der Waals surface area contributed by atoms with Crippen molar-refractivity contribution in [1.82, 2.24) is 4.57 Å². The van der Waals surface area contributed by atoms with Gasteiger partial charge in [-0.05, 0) is 61.8 Å². The average Bonchev–Trinajstić information content (AvgIpc) is 3.61. The van der Waals surface area contributed by atoms with Crippen LogP contribution < -0.4 is 24.2 Å². The van der Waals surface area contributed by atoms with Gasteiger partial charge in [-0.25, -0.2) is 0 Å². The molecule has 0 radical (unpaired) electrons. The Morgan fingerprint density at radius 1 is 0.833 bits per heavy atom. The number of anilines is 1. The normalized spacial score (nSPS) is 14.6. The summed E-state index contributed by atoms with van der Waals surface area (Å²) >= 11 is 3.12. The van der Waals surface area contributed by atoms with Crippen LogP contribution in [0, 0.1) is 0 Å². The van der Waals surface area contributed by atoms with Gasteiger partial charge in [0.05, 0.1) is 16.4 Å². The molecular weight excluding hydrogens is 659 g/mol. The van der Waals surface area contributed by atoms with Crippen molar-refractivity contribution in [1.29, 1.82) is 0 Å². The predicted octanol–water partition coefficient (Wildman–Crippen LogP) is 6.33. The molecule has 0 saturated carbocycles. The minimum absolute atomic E-state index is 0.0308. The molecule has 7 nitrogen and oxygen atoms in total. The van der Waals surface area contributed by atoms with Crippen LogP contribution >= 0.6 is 22.7 Å². The highest BCUT2D eigenvalue weighted by molar-refractivity contribution is 7.85. The molecule has 0 atom stereocenters. The number of aromatic nitrogens is 2. The first-order valence-corrected chi connectivity index (χ1v) is 19.3. The standard InChI is InChI=1S/C38H37N3O4S3/c1-3-39-25-23-28(31-19-11-12-20-32(31)39)21-22-33-38(42)40(4-2)34(46-33)27-35-41(24-13-14-26-48(43,44)45)36(29-15-7-5-8-16-29)37(47-35)30-17-9-6-10-18-30/h5-12,15-23,25,27H,3-4,13-14,24,26H2,1-2H3/p+1/b28-21+,33-22+. The zero-order valence-corrected chi connectivity index (χ0v) is 29.4. The van der Waals surface area contributed by atoms with Crippen molar-refractivity contribution in [3.63, 3.8) is 0 Å². The van der Waals surface area contributed by atoms with Crippen LogP contribution in [0.3, 0.4) is 0 Å². The lowest BCUT2D eigenvalue weighted by Gasteiger charge is -2.26. The number of hydrogen-bond donors (Lipinski definition) is 1. The second-order valence-corrected chi connectivity index (χ2v) is 15.1. The van der Waals surface area contributed by atoms with E-state index in [-0.39, 0.29) is 11.3 Å². The molecule has 1 aliphatic rings. The third kappa shape index (κ3) is 7.37. The highest BCUT2D eigenvalue weighted by atomic mass is 32.2. The van der Waals surface area contributed by atoms with E-state index < -0.39 is 10.1 Å². The van der Waals surface area contributed by atoms with Gasteiger partial charge in [-0.2, -0.15) is 13.0 Å². The summed E-state index contributed by atoms with van der Waals surface area (Å²) in [5, 5.41) is 0.955. The van der Waals surface area contributed by atoms with Crippen molar-refractivity contribution in [2.24, 2.45) is 0 Å². The van der Waals surface area contributed by atoms with E-state index in [4.69, 9.17) is 0 Å². The van der Waals surface area contributed by atoms with Crippen molar-refractivity contribution in [2.45, 2.75) is 39.8 Å². The highest BCUT2D eigenvalue weighted by Gasteiger charge is 2.28. The molecular formula is C38H38N3O4S3+. The average molecular weight is 697 g/mol. The third-order valence-corrected chi connectivity index (χ3v) is 11.4. The Balaban J connectivity index is 1.50. The molecule has 1 N–H and O–H groups in total. The molecule has 0 amide bonds. The number of hydrogen-bond acceptors (Lipinski definition) is 6. The maximum absolute atomic E-state index is 13.7. The molecule has 3 heterocycles. The fourth-order valence-corrected chi connectivity index (χ4v) is 8.90. The van der Waals surface area contributed by atoms with Crippen LogP contribution in [0.2, 0.25) is 0 Å². The number of benzene rings is 3. The minimum Gasteiger partial charge on any atom is -0.348 e. The van der Waals surface area contributed by atoms with E-state index >= 15 is 0 Å². The number of thiazole rings is 2. The number of unbranched alkanes of at least 4 members (excludes halogenated alkanes) is 1. The number of allylic oxidation sites excluding steroid dienone is 3. The predicted molar refractivity (Wildman–Crippen MR) is 199 cm³/mol. The fourth-order valence-electron chi connectivity index (χ4n) is 5.95. The van der Waals surface area contributed by atoms with E-state index in [1.165, 1.54) is 11.3 Å². The summed E-state index contributed by atoms with van der Waals surface area (Å²) in [5.41, 5.74) is 6.46. The third-order valence-electron chi connectivity index (χ3n) is 8.29.